The molecule has 124 valence electrons. The highest BCUT2D eigenvalue weighted by Gasteiger charge is 2.44. The summed E-state index contributed by atoms with van der Waals surface area (Å²) in [7, 11) is -7.39. The van der Waals surface area contributed by atoms with Crippen LogP contribution in [0, 0.1) is 6.92 Å². The highest BCUT2D eigenvalue weighted by Crippen LogP contribution is 2.28. The van der Waals surface area contributed by atoms with Crippen molar-refractivity contribution in [2.24, 2.45) is 0 Å². The maximum atomic E-state index is 12.8. The molecule has 2 rings (SSSR count). The lowest BCUT2D eigenvalue weighted by atomic mass is 10.2. The van der Waals surface area contributed by atoms with E-state index in [4.69, 9.17) is 11.6 Å². The number of sulfone groups is 1. The predicted octanol–water partition coefficient (Wildman–Crippen LogP) is 0.817. The van der Waals surface area contributed by atoms with Gasteiger partial charge in [0.05, 0.1) is 28.5 Å². The summed E-state index contributed by atoms with van der Waals surface area (Å²) in [5, 5.41) is 10.2. The third-order valence-corrected chi connectivity index (χ3v) is 7.79. The van der Waals surface area contributed by atoms with Gasteiger partial charge in [-0.1, -0.05) is 24.6 Å². The fraction of sp³-hybridized carbons (Fsp3) is 0.538. The van der Waals surface area contributed by atoms with E-state index in [0.717, 1.165) is 4.31 Å². The molecule has 0 amide bonds. The van der Waals surface area contributed by atoms with Gasteiger partial charge in [0.15, 0.2) is 9.84 Å². The molecule has 6 nitrogen and oxygen atoms in total. The van der Waals surface area contributed by atoms with Crippen molar-refractivity contribution < 1.29 is 21.9 Å². The van der Waals surface area contributed by atoms with E-state index in [1.807, 2.05) is 0 Å². The van der Waals surface area contributed by atoms with E-state index in [1.165, 1.54) is 6.07 Å². The molecule has 0 aliphatic carbocycles. The molecule has 22 heavy (non-hydrogen) atoms. The van der Waals surface area contributed by atoms with Crippen LogP contribution in [0.3, 0.4) is 0 Å². The first-order valence-electron chi connectivity index (χ1n) is 6.75. The fourth-order valence-corrected chi connectivity index (χ4v) is 6.69. The van der Waals surface area contributed by atoms with Crippen molar-refractivity contribution in [1.82, 2.24) is 4.31 Å². The predicted molar refractivity (Wildman–Crippen MR) is 84.2 cm³/mol. The zero-order valence-electron chi connectivity index (χ0n) is 12.2. The quantitative estimate of drug-likeness (QED) is 0.850. The van der Waals surface area contributed by atoms with E-state index in [2.05, 4.69) is 0 Å². The largest absolute Gasteiger partial charge is 0.390 e. The number of aryl methyl sites for hydroxylation is 1. The third-order valence-electron chi connectivity index (χ3n) is 3.71. The van der Waals surface area contributed by atoms with Crippen molar-refractivity contribution in [2.45, 2.75) is 30.9 Å². The normalized spacial score (nSPS) is 24.8. The lowest BCUT2D eigenvalue weighted by Gasteiger charge is -2.28. The minimum absolute atomic E-state index is 0.0262. The van der Waals surface area contributed by atoms with E-state index in [-0.39, 0.29) is 22.2 Å². The average Bonchev–Trinajstić information content (AvgIpc) is 2.66. The van der Waals surface area contributed by atoms with Crippen LogP contribution in [0.2, 0.25) is 5.02 Å². The van der Waals surface area contributed by atoms with Crippen LogP contribution in [0.25, 0.3) is 0 Å². The van der Waals surface area contributed by atoms with Gasteiger partial charge in [0.25, 0.3) is 0 Å². The highest BCUT2D eigenvalue weighted by atomic mass is 35.5. The summed E-state index contributed by atoms with van der Waals surface area (Å²) < 4.78 is 50.0. The Morgan fingerprint density at radius 3 is 2.50 bits per heavy atom. The van der Waals surface area contributed by atoms with Crippen LogP contribution in [0.5, 0.6) is 0 Å². The van der Waals surface area contributed by atoms with Crippen molar-refractivity contribution in [3.63, 3.8) is 0 Å². The number of hydrogen-bond acceptors (Lipinski definition) is 5. The molecule has 1 aliphatic rings. The number of nitrogens with zero attached hydrogens (tertiary/aromatic N) is 1. The number of hydrogen-bond donors (Lipinski definition) is 1. The van der Waals surface area contributed by atoms with Gasteiger partial charge in [-0.3, -0.25) is 0 Å². The second kappa shape index (κ2) is 6.09. The summed E-state index contributed by atoms with van der Waals surface area (Å²) in [5.41, 5.74) is 0.512. The zero-order chi connectivity index (χ0) is 16.7. The number of halogens is 1. The summed E-state index contributed by atoms with van der Waals surface area (Å²) in [4.78, 5) is 0.0262. The maximum Gasteiger partial charge on any atom is 0.243 e. The van der Waals surface area contributed by atoms with Gasteiger partial charge in [0.1, 0.15) is 0 Å². The zero-order valence-corrected chi connectivity index (χ0v) is 14.6. The maximum absolute atomic E-state index is 12.8. The molecule has 1 aromatic rings. The first-order chi connectivity index (χ1) is 10.1. The minimum Gasteiger partial charge on any atom is -0.390 e. The van der Waals surface area contributed by atoms with Crippen LogP contribution in [0.4, 0.5) is 0 Å². The van der Waals surface area contributed by atoms with Gasteiger partial charge in [-0.2, -0.15) is 4.31 Å². The van der Waals surface area contributed by atoms with Gasteiger partial charge in [-0.25, -0.2) is 16.8 Å². The van der Waals surface area contributed by atoms with Crippen molar-refractivity contribution in [1.29, 1.82) is 0 Å². The van der Waals surface area contributed by atoms with Gasteiger partial charge in [0, 0.05) is 11.6 Å². The Hall–Kier alpha value is -0.670. The first kappa shape index (κ1) is 17.7. The summed E-state index contributed by atoms with van der Waals surface area (Å²) in [5.74, 6) is -0.793. The molecule has 2 atom stereocenters. The van der Waals surface area contributed by atoms with Crippen LogP contribution in [0.1, 0.15) is 12.5 Å². The number of rotatable bonds is 4. The molecular weight excluding hydrogens is 350 g/mol. The van der Waals surface area contributed by atoms with E-state index >= 15 is 0 Å². The van der Waals surface area contributed by atoms with Gasteiger partial charge in [-0.15, -0.1) is 0 Å². The molecule has 0 aromatic heterocycles. The monoisotopic (exact) mass is 367 g/mol. The molecule has 0 unspecified atom stereocenters. The third kappa shape index (κ3) is 3.30. The minimum atomic E-state index is -3.95. The second-order valence-corrected chi connectivity index (χ2v) is 9.78. The summed E-state index contributed by atoms with van der Waals surface area (Å²) in [6, 6.07) is 3.54. The Morgan fingerprint density at radius 1 is 1.36 bits per heavy atom. The molecule has 0 bridgehead atoms. The number of likely N-dealkylation sites (N-methyl/N-ethyl adjacent to an activating group) is 1. The van der Waals surface area contributed by atoms with Crippen molar-refractivity contribution >= 4 is 31.5 Å². The van der Waals surface area contributed by atoms with Crippen LogP contribution < -0.4 is 0 Å². The van der Waals surface area contributed by atoms with E-state index in [0.29, 0.717) is 5.56 Å². The van der Waals surface area contributed by atoms with Gasteiger partial charge in [-0.05, 0) is 24.6 Å². The summed E-state index contributed by atoms with van der Waals surface area (Å²) in [6.45, 7) is 3.31. The second-order valence-electron chi connectivity index (χ2n) is 5.33. The Morgan fingerprint density at radius 2 is 2.00 bits per heavy atom. The Balaban J connectivity index is 2.48. The molecule has 0 saturated carbocycles. The molecule has 9 heteroatoms. The van der Waals surface area contributed by atoms with Crippen LogP contribution in [-0.4, -0.2) is 56.4 Å². The molecule has 1 heterocycles. The lowest BCUT2D eigenvalue weighted by molar-refractivity contribution is 0.130. The Kier molecular flexibility index (Phi) is 4.89. The Labute approximate surface area is 135 Å². The van der Waals surface area contributed by atoms with E-state index in [1.54, 1.807) is 26.0 Å². The molecule has 1 saturated heterocycles. The molecule has 1 aromatic carbocycles. The van der Waals surface area contributed by atoms with Gasteiger partial charge in [0.2, 0.25) is 10.0 Å². The van der Waals surface area contributed by atoms with E-state index in [9.17, 15) is 21.9 Å². The SMILES string of the molecule is CCN([C@H]1CS(=O)(=O)C[C@H]1O)S(=O)(=O)c1cc(Cl)ccc1C. The summed E-state index contributed by atoms with van der Waals surface area (Å²) in [6.07, 6.45) is -1.22. The molecular formula is C13H18ClNO5S2. The molecule has 0 spiro atoms. The lowest BCUT2D eigenvalue weighted by Crippen LogP contribution is -2.46. The van der Waals surface area contributed by atoms with Crippen molar-refractivity contribution in [2.75, 3.05) is 18.1 Å². The number of benzene rings is 1. The van der Waals surface area contributed by atoms with Crippen LogP contribution in [0.15, 0.2) is 23.1 Å². The van der Waals surface area contributed by atoms with Gasteiger partial charge < -0.3 is 5.11 Å². The average molecular weight is 368 g/mol. The molecule has 0 radical (unpaired) electrons. The Bertz CT molecular complexity index is 776. The molecule has 1 fully saturated rings. The van der Waals surface area contributed by atoms with E-state index < -0.39 is 37.8 Å². The summed E-state index contributed by atoms with van der Waals surface area (Å²) >= 11 is 5.88. The number of aliphatic hydroxyl groups excluding tert-OH is 1. The van der Waals surface area contributed by atoms with Crippen molar-refractivity contribution in [3.8, 4) is 0 Å². The number of aliphatic hydroxyl groups is 1. The number of sulfonamides is 1. The first-order valence-corrected chi connectivity index (χ1v) is 10.4. The highest BCUT2D eigenvalue weighted by molar-refractivity contribution is 7.92. The topological polar surface area (TPSA) is 91.8 Å². The fourth-order valence-electron chi connectivity index (χ4n) is 2.65. The van der Waals surface area contributed by atoms with Crippen LogP contribution in [-0.2, 0) is 19.9 Å². The van der Waals surface area contributed by atoms with Crippen molar-refractivity contribution in [3.05, 3.63) is 28.8 Å². The van der Waals surface area contributed by atoms with Gasteiger partial charge >= 0.3 is 0 Å². The molecule has 1 N–H and O–H groups in total. The smallest absolute Gasteiger partial charge is 0.243 e. The molecule has 1 aliphatic heterocycles. The standard InChI is InChI=1S/C13H18ClNO5S2/c1-3-15(11-7-21(17,18)8-12(11)16)22(19,20)13-6-10(14)5-4-9(13)2/h4-6,11-12,16H,3,7-8H2,1-2H3/t11-,12+/m0/s1. The van der Waals surface area contributed by atoms with Crippen LogP contribution >= 0.6 is 11.6 Å².